The third-order valence-corrected chi connectivity index (χ3v) is 5.10. The zero-order valence-corrected chi connectivity index (χ0v) is 14.5. The molecule has 0 aliphatic rings. The molecule has 1 aromatic carbocycles. The third-order valence-electron chi connectivity index (χ3n) is 3.51. The molecular formula is C16H28N2O2S. The largest absolute Gasteiger partial charge is 0.313 e. The van der Waals surface area contributed by atoms with Crippen molar-refractivity contribution in [2.75, 3.05) is 7.05 Å². The summed E-state index contributed by atoms with van der Waals surface area (Å²) in [6.07, 6.45) is 1.74. The summed E-state index contributed by atoms with van der Waals surface area (Å²) in [5, 5.41) is 3.20. The first-order chi connectivity index (χ1) is 9.80. The van der Waals surface area contributed by atoms with Gasteiger partial charge in [0.1, 0.15) is 0 Å². The van der Waals surface area contributed by atoms with Crippen LogP contribution in [0.3, 0.4) is 0 Å². The molecule has 0 aliphatic carbocycles. The standard InChI is InChI=1S/C16H28N2O2S/c1-6-16(17-5)14-8-7-9-15(11-14)21(19,20)18-13(4)10-12(2)3/h7-9,11-13,16-18H,6,10H2,1-5H3. The second kappa shape index (κ2) is 7.92. The van der Waals surface area contributed by atoms with Crippen molar-refractivity contribution in [1.82, 2.24) is 10.0 Å². The molecular weight excluding hydrogens is 284 g/mol. The van der Waals surface area contributed by atoms with Gasteiger partial charge in [0.05, 0.1) is 4.90 Å². The molecule has 2 unspecified atom stereocenters. The minimum absolute atomic E-state index is 0.0649. The van der Waals surface area contributed by atoms with Crippen molar-refractivity contribution in [3.63, 3.8) is 0 Å². The van der Waals surface area contributed by atoms with Crippen molar-refractivity contribution in [1.29, 1.82) is 0 Å². The predicted molar refractivity (Wildman–Crippen MR) is 87.8 cm³/mol. The Hall–Kier alpha value is -0.910. The molecule has 4 nitrogen and oxygen atoms in total. The van der Waals surface area contributed by atoms with Crippen molar-refractivity contribution >= 4 is 10.0 Å². The van der Waals surface area contributed by atoms with Crippen molar-refractivity contribution < 1.29 is 8.42 Å². The van der Waals surface area contributed by atoms with Crippen LogP contribution in [0, 0.1) is 5.92 Å². The summed E-state index contributed by atoms with van der Waals surface area (Å²) in [6.45, 7) is 8.16. The van der Waals surface area contributed by atoms with Gasteiger partial charge in [-0.25, -0.2) is 13.1 Å². The van der Waals surface area contributed by atoms with E-state index >= 15 is 0 Å². The van der Waals surface area contributed by atoms with Gasteiger partial charge >= 0.3 is 0 Å². The van der Waals surface area contributed by atoms with Crippen LogP contribution in [0.4, 0.5) is 0 Å². The maximum absolute atomic E-state index is 12.4. The Morgan fingerprint density at radius 2 is 1.86 bits per heavy atom. The summed E-state index contributed by atoms with van der Waals surface area (Å²) in [7, 11) is -1.57. The lowest BCUT2D eigenvalue weighted by molar-refractivity contribution is 0.482. The SMILES string of the molecule is CCC(NC)c1cccc(S(=O)(=O)NC(C)CC(C)C)c1. The van der Waals surface area contributed by atoms with Gasteiger partial charge in [0.25, 0.3) is 0 Å². The zero-order valence-electron chi connectivity index (χ0n) is 13.7. The molecule has 0 saturated carbocycles. The second-order valence-corrected chi connectivity index (χ2v) is 7.69. The van der Waals surface area contributed by atoms with Gasteiger partial charge < -0.3 is 5.32 Å². The summed E-state index contributed by atoms with van der Waals surface area (Å²) in [5.41, 5.74) is 0.999. The molecule has 2 N–H and O–H groups in total. The maximum Gasteiger partial charge on any atom is 0.240 e. The molecule has 120 valence electrons. The van der Waals surface area contributed by atoms with Gasteiger partial charge in [-0.3, -0.25) is 0 Å². The highest BCUT2D eigenvalue weighted by Crippen LogP contribution is 2.20. The number of benzene rings is 1. The van der Waals surface area contributed by atoms with E-state index in [-0.39, 0.29) is 12.1 Å². The normalized spacial score (nSPS) is 15.1. The first-order valence-electron chi connectivity index (χ1n) is 7.59. The van der Waals surface area contributed by atoms with Gasteiger partial charge in [-0.05, 0) is 50.4 Å². The summed E-state index contributed by atoms with van der Waals surface area (Å²) in [4.78, 5) is 0.337. The number of hydrogen-bond donors (Lipinski definition) is 2. The van der Waals surface area contributed by atoms with E-state index in [1.165, 1.54) is 0 Å². The molecule has 0 fully saturated rings. The Bertz CT molecular complexity index is 537. The van der Waals surface area contributed by atoms with Gasteiger partial charge in [-0.2, -0.15) is 0 Å². The van der Waals surface area contributed by atoms with E-state index in [4.69, 9.17) is 0 Å². The first kappa shape index (κ1) is 18.1. The topological polar surface area (TPSA) is 58.2 Å². The van der Waals surface area contributed by atoms with Crippen molar-refractivity contribution in [2.45, 2.75) is 57.5 Å². The quantitative estimate of drug-likeness (QED) is 0.775. The highest BCUT2D eigenvalue weighted by Gasteiger charge is 2.19. The van der Waals surface area contributed by atoms with E-state index in [9.17, 15) is 8.42 Å². The number of sulfonamides is 1. The Morgan fingerprint density at radius 1 is 1.19 bits per heavy atom. The molecule has 1 aromatic rings. The van der Waals surface area contributed by atoms with E-state index in [1.54, 1.807) is 18.2 Å². The van der Waals surface area contributed by atoms with Crippen molar-refractivity contribution in [3.05, 3.63) is 29.8 Å². The van der Waals surface area contributed by atoms with E-state index in [1.807, 2.05) is 20.0 Å². The average molecular weight is 312 g/mol. The Morgan fingerprint density at radius 3 is 2.38 bits per heavy atom. The van der Waals surface area contributed by atoms with Gasteiger partial charge in [-0.15, -0.1) is 0 Å². The number of rotatable bonds is 8. The summed E-state index contributed by atoms with van der Waals surface area (Å²) in [5.74, 6) is 0.461. The van der Waals surface area contributed by atoms with Crippen LogP contribution in [0.5, 0.6) is 0 Å². The van der Waals surface area contributed by atoms with Crippen LogP contribution in [0.2, 0.25) is 0 Å². The van der Waals surface area contributed by atoms with E-state index in [0.29, 0.717) is 10.8 Å². The predicted octanol–water partition coefficient (Wildman–Crippen LogP) is 3.07. The van der Waals surface area contributed by atoms with Crippen LogP contribution >= 0.6 is 0 Å². The first-order valence-corrected chi connectivity index (χ1v) is 9.08. The summed E-state index contributed by atoms with van der Waals surface area (Å²) >= 11 is 0. The van der Waals surface area contributed by atoms with Crippen LogP contribution in [0.1, 0.15) is 52.1 Å². The fourth-order valence-electron chi connectivity index (χ4n) is 2.59. The highest BCUT2D eigenvalue weighted by atomic mass is 32.2. The molecule has 0 spiro atoms. The van der Waals surface area contributed by atoms with Crippen LogP contribution < -0.4 is 10.0 Å². The lowest BCUT2D eigenvalue weighted by Crippen LogP contribution is -2.33. The van der Waals surface area contributed by atoms with Crippen LogP contribution in [0.15, 0.2) is 29.2 Å². The Balaban J connectivity index is 2.96. The van der Waals surface area contributed by atoms with E-state index < -0.39 is 10.0 Å². The second-order valence-electron chi connectivity index (χ2n) is 5.97. The smallest absolute Gasteiger partial charge is 0.240 e. The van der Waals surface area contributed by atoms with Crippen molar-refractivity contribution in [2.24, 2.45) is 5.92 Å². The summed E-state index contributed by atoms with van der Waals surface area (Å²) in [6, 6.07) is 7.28. The Labute approximate surface area is 129 Å². The highest BCUT2D eigenvalue weighted by molar-refractivity contribution is 7.89. The third kappa shape index (κ3) is 5.41. The molecule has 5 heteroatoms. The Kier molecular flexibility index (Phi) is 6.84. The van der Waals surface area contributed by atoms with Gasteiger partial charge in [0.15, 0.2) is 0 Å². The molecule has 0 heterocycles. The average Bonchev–Trinajstić information content (AvgIpc) is 2.39. The molecule has 1 rings (SSSR count). The van der Waals surface area contributed by atoms with Crippen LogP contribution in [0.25, 0.3) is 0 Å². The lowest BCUT2D eigenvalue weighted by atomic mass is 10.1. The van der Waals surface area contributed by atoms with Gasteiger partial charge in [0, 0.05) is 12.1 Å². The van der Waals surface area contributed by atoms with Crippen molar-refractivity contribution in [3.8, 4) is 0 Å². The molecule has 0 aliphatic heterocycles. The van der Waals surface area contributed by atoms with Gasteiger partial charge in [-0.1, -0.05) is 32.9 Å². The lowest BCUT2D eigenvalue weighted by Gasteiger charge is -2.18. The molecule has 0 saturated heterocycles. The van der Waals surface area contributed by atoms with E-state index in [0.717, 1.165) is 18.4 Å². The molecule has 0 amide bonds. The van der Waals surface area contributed by atoms with E-state index in [2.05, 4.69) is 30.8 Å². The molecule has 0 radical (unpaired) electrons. The maximum atomic E-state index is 12.4. The van der Waals surface area contributed by atoms with Gasteiger partial charge in [0.2, 0.25) is 10.0 Å². The minimum atomic E-state index is -3.46. The number of nitrogens with one attached hydrogen (secondary N) is 2. The number of hydrogen-bond acceptors (Lipinski definition) is 3. The molecule has 0 bridgehead atoms. The molecule has 0 aromatic heterocycles. The minimum Gasteiger partial charge on any atom is -0.313 e. The van der Waals surface area contributed by atoms with Crippen LogP contribution in [-0.4, -0.2) is 21.5 Å². The fourth-order valence-corrected chi connectivity index (χ4v) is 3.90. The fraction of sp³-hybridized carbons (Fsp3) is 0.625. The molecule has 2 atom stereocenters. The summed E-state index contributed by atoms with van der Waals surface area (Å²) < 4.78 is 27.6. The molecule has 21 heavy (non-hydrogen) atoms. The zero-order chi connectivity index (χ0) is 16.0. The monoisotopic (exact) mass is 312 g/mol. The van der Waals surface area contributed by atoms with Crippen LogP contribution in [-0.2, 0) is 10.0 Å².